The Morgan fingerprint density at radius 2 is 2.27 bits per heavy atom. The predicted octanol–water partition coefficient (Wildman–Crippen LogP) is 2.84. The molecular formula is C12H16ClNO. The molecule has 0 spiro atoms. The molecule has 3 heteroatoms. The summed E-state index contributed by atoms with van der Waals surface area (Å²) in [4.78, 5) is 2.12. The van der Waals surface area contributed by atoms with E-state index in [-0.39, 0.29) is 6.61 Å². The fraction of sp³-hybridized carbons (Fsp3) is 0.333. The Morgan fingerprint density at radius 3 is 2.73 bits per heavy atom. The molecule has 0 saturated heterocycles. The van der Waals surface area contributed by atoms with Gasteiger partial charge in [0.15, 0.2) is 0 Å². The number of benzene rings is 1. The van der Waals surface area contributed by atoms with Gasteiger partial charge in [0.2, 0.25) is 0 Å². The number of aliphatic hydroxyl groups excluding tert-OH is 1. The first kappa shape index (κ1) is 12.1. The van der Waals surface area contributed by atoms with Crippen LogP contribution in [0.3, 0.4) is 0 Å². The molecule has 1 aromatic rings. The highest BCUT2D eigenvalue weighted by Gasteiger charge is 2.07. The zero-order chi connectivity index (χ0) is 11.3. The van der Waals surface area contributed by atoms with Crippen molar-refractivity contribution in [3.05, 3.63) is 41.4 Å². The molecule has 0 radical (unpaired) electrons. The molecular weight excluding hydrogens is 210 g/mol. The van der Waals surface area contributed by atoms with Gasteiger partial charge in [-0.25, -0.2) is 0 Å². The molecule has 0 atom stereocenters. The van der Waals surface area contributed by atoms with Crippen LogP contribution in [0.25, 0.3) is 0 Å². The van der Waals surface area contributed by atoms with E-state index in [2.05, 4.69) is 18.4 Å². The van der Waals surface area contributed by atoms with Crippen molar-refractivity contribution in [3.8, 4) is 0 Å². The lowest BCUT2D eigenvalue weighted by molar-refractivity contribution is 0.282. The van der Waals surface area contributed by atoms with Crippen LogP contribution in [-0.2, 0) is 6.61 Å². The molecule has 0 aliphatic carbocycles. The number of hydrogen-bond acceptors (Lipinski definition) is 2. The van der Waals surface area contributed by atoms with E-state index < -0.39 is 0 Å². The van der Waals surface area contributed by atoms with Crippen LogP contribution in [0.15, 0.2) is 30.9 Å². The molecule has 0 bridgehead atoms. The first-order chi connectivity index (χ1) is 7.22. The Bertz CT molecular complexity index is 338. The molecule has 0 unspecified atom stereocenters. The molecule has 1 aromatic carbocycles. The standard InChI is InChI=1S/C12H16ClNO/c1-3-7-14(4-2)12-6-5-10(9-15)8-11(12)13/h3,5-6,8,15H,1,4,7,9H2,2H3. The molecule has 82 valence electrons. The van der Waals surface area contributed by atoms with Gasteiger partial charge in [-0.05, 0) is 24.6 Å². The maximum atomic E-state index is 8.96. The van der Waals surface area contributed by atoms with Crippen LogP contribution < -0.4 is 4.90 Å². The second kappa shape index (κ2) is 5.79. The summed E-state index contributed by atoms with van der Waals surface area (Å²) in [5, 5.41) is 9.64. The quantitative estimate of drug-likeness (QED) is 0.779. The first-order valence-corrected chi connectivity index (χ1v) is 5.35. The van der Waals surface area contributed by atoms with E-state index in [0.717, 1.165) is 24.3 Å². The summed E-state index contributed by atoms with van der Waals surface area (Å²) in [6.07, 6.45) is 1.85. The lowest BCUT2D eigenvalue weighted by Crippen LogP contribution is -2.22. The Balaban J connectivity index is 2.97. The molecule has 1 N–H and O–H groups in total. The van der Waals surface area contributed by atoms with Gasteiger partial charge in [0.1, 0.15) is 0 Å². The molecule has 0 aliphatic heterocycles. The molecule has 0 heterocycles. The van der Waals surface area contributed by atoms with Gasteiger partial charge < -0.3 is 10.0 Å². The molecule has 2 nitrogen and oxygen atoms in total. The Morgan fingerprint density at radius 1 is 1.53 bits per heavy atom. The van der Waals surface area contributed by atoms with Crippen molar-refractivity contribution < 1.29 is 5.11 Å². The number of hydrogen-bond donors (Lipinski definition) is 1. The van der Waals surface area contributed by atoms with Gasteiger partial charge in [-0.1, -0.05) is 23.7 Å². The molecule has 0 amide bonds. The monoisotopic (exact) mass is 225 g/mol. The van der Waals surface area contributed by atoms with E-state index >= 15 is 0 Å². The molecule has 0 saturated carbocycles. The third-order valence-electron chi connectivity index (χ3n) is 2.27. The Kier molecular flexibility index (Phi) is 4.66. The number of rotatable bonds is 5. The highest BCUT2D eigenvalue weighted by molar-refractivity contribution is 6.33. The fourth-order valence-corrected chi connectivity index (χ4v) is 1.78. The van der Waals surface area contributed by atoms with Crippen molar-refractivity contribution in [2.24, 2.45) is 0 Å². The fourth-order valence-electron chi connectivity index (χ4n) is 1.46. The second-order valence-corrected chi connectivity index (χ2v) is 3.68. The van der Waals surface area contributed by atoms with Crippen LogP contribution in [-0.4, -0.2) is 18.2 Å². The van der Waals surface area contributed by atoms with Crippen LogP contribution >= 0.6 is 11.6 Å². The minimum atomic E-state index is 0.0214. The van der Waals surface area contributed by atoms with E-state index in [1.54, 1.807) is 6.07 Å². The summed E-state index contributed by atoms with van der Waals surface area (Å²) in [7, 11) is 0. The van der Waals surface area contributed by atoms with Crippen LogP contribution in [0.2, 0.25) is 5.02 Å². The average Bonchev–Trinajstić information content (AvgIpc) is 2.26. The Hall–Kier alpha value is -0.990. The summed E-state index contributed by atoms with van der Waals surface area (Å²) >= 11 is 6.13. The van der Waals surface area contributed by atoms with Gasteiger partial charge >= 0.3 is 0 Å². The summed E-state index contributed by atoms with van der Waals surface area (Å²) in [5.41, 5.74) is 1.81. The second-order valence-electron chi connectivity index (χ2n) is 3.27. The summed E-state index contributed by atoms with van der Waals surface area (Å²) < 4.78 is 0. The lowest BCUT2D eigenvalue weighted by atomic mass is 10.2. The number of likely N-dealkylation sites (N-methyl/N-ethyl adjacent to an activating group) is 1. The van der Waals surface area contributed by atoms with Crippen molar-refractivity contribution in [2.45, 2.75) is 13.5 Å². The minimum absolute atomic E-state index is 0.0214. The number of halogens is 1. The van der Waals surface area contributed by atoms with Gasteiger partial charge in [0, 0.05) is 13.1 Å². The van der Waals surface area contributed by atoms with Crippen molar-refractivity contribution >= 4 is 17.3 Å². The molecule has 0 aromatic heterocycles. The third kappa shape index (κ3) is 2.98. The average molecular weight is 226 g/mol. The van der Waals surface area contributed by atoms with Crippen LogP contribution in [0, 0.1) is 0 Å². The largest absolute Gasteiger partial charge is 0.392 e. The topological polar surface area (TPSA) is 23.5 Å². The predicted molar refractivity (Wildman–Crippen MR) is 65.5 cm³/mol. The maximum Gasteiger partial charge on any atom is 0.0682 e. The number of anilines is 1. The van der Waals surface area contributed by atoms with Crippen LogP contribution in [0.4, 0.5) is 5.69 Å². The van der Waals surface area contributed by atoms with Gasteiger partial charge in [-0.3, -0.25) is 0 Å². The molecule has 15 heavy (non-hydrogen) atoms. The van der Waals surface area contributed by atoms with Crippen LogP contribution in [0.5, 0.6) is 0 Å². The summed E-state index contributed by atoms with van der Waals surface area (Å²) in [6, 6.07) is 5.61. The minimum Gasteiger partial charge on any atom is -0.392 e. The van der Waals surface area contributed by atoms with Gasteiger partial charge in [0.25, 0.3) is 0 Å². The maximum absolute atomic E-state index is 8.96. The van der Waals surface area contributed by atoms with Gasteiger partial charge in [0.05, 0.1) is 17.3 Å². The van der Waals surface area contributed by atoms with Gasteiger partial charge in [-0.2, -0.15) is 0 Å². The van der Waals surface area contributed by atoms with Crippen molar-refractivity contribution in [1.29, 1.82) is 0 Å². The number of nitrogens with zero attached hydrogens (tertiary/aromatic N) is 1. The molecule has 0 aliphatic rings. The Labute approximate surface area is 95.8 Å². The zero-order valence-corrected chi connectivity index (χ0v) is 9.67. The molecule has 0 fully saturated rings. The summed E-state index contributed by atoms with van der Waals surface area (Å²) in [5.74, 6) is 0. The van der Waals surface area contributed by atoms with E-state index in [9.17, 15) is 0 Å². The zero-order valence-electron chi connectivity index (χ0n) is 8.91. The van der Waals surface area contributed by atoms with E-state index in [4.69, 9.17) is 16.7 Å². The smallest absolute Gasteiger partial charge is 0.0682 e. The van der Waals surface area contributed by atoms with Crippen molar-refractivity contribution in [1.82, 2.24) is 0 Å². The lowest BCUT2D eigenvalue weighted by Gasteiger charge is -2.22. The summed E-state index contributed by atoms with van der Waals surface area (Å²) in [6.45, 7) is 7.45. The third-order valence-corrected chi connectivity index (χ3v) is 2.57. The molecule has 1 rings (SSSR count). The van der Waals surface area contributed by atoms with Crippen LogP contribution in [0.1, 0.15) is 12.5 Å². The van der Waals surface area contributed by atoms with E-state index in [1.165, 1.54) is 0 Å². The van der Waals surface area contributed by atoms with E-state index in [1.807, 2.05) is 18.2 Å². The first-order valence-electron chi connectivity index (χ1n) is 4.98. The van der Waals surface area contributed by atoms with E-state index in [0.29, 0.717) is 5.02 Å². The SMILES string of the molecule is C=CCN(CC)c1ccc(CO)cc1Cl. The highest BCUT2D eigenvalue weighted by atomic mass is 35.5. The van der Waals surface area contributed by atoms with Crippen molar-refractivity contribution in [2.75, 3.05) is 18.0 Å². The normalized spacial score (nSPS) is 10.1. The highest BCUT2D eigenvalue weighted by Crippen LogP contribution is 2.26. The van der Waals surface area contributed by atoms with Gasteiger partial charge in [-0.15, -0.1) is 6.58 Å². The van der Waals surface area contributed by atoms with Crippen molar-refractivity contribution in [3.63, 3.8) is 0 Å². The number of aliphatic hydroxyl groups is 1.